The zero-order valence-corrected chi connectivity index (χ0v) is 9.64. The smallest absolute Gasteiger partial charge is 0.852 e. The fourth-order valence-electron chi connectivity index (χ4n) is 1.01. The largest absolute Gasteiger partial charge is 1.00 e. The van der Waals surface area contributed by atoms with Gasteiger partial charge in [0.05, 0.1) is 5.54 Å². The van der Waals surface area contributed by atoms with Crippen molar-refractivity contribution in [2.24, 2.45) is 4.99 Å². The molecule has 3 heteroatoms. The Kier molecular flexibility index (Phi) is 7.69. The van der Waals surface area contributed by atoms with Crippen molar-refractivity contribution >= 4 is 5.87 Å². The van der Waals surface area contributed by atoms with Crippen LogP contribution in [0.4, 0.5) is 0 Å². The molecule has 1 unspecified atom stereocenters. The zero-order chi connectivity index (χ0) is 9.78. The van der Waals surface area contributed by atoms with E-state index < -0.39 is 6.10 Å². The van der Waals surface area contributed by atoms with Gasteiger partial charge in [0.1, 0.15) is 0 Å². The Morgan fingerprint density at radius 2 is 1.92 bits per heavy atom. The first-order valence-electron chi connectivity index (χ1n) is 4.27. The molecule has 0 aromatic rings. The second kappa shape index (κ2) is 6.46. The molecule has 2 nitrogen and oxygen atoms in total. The third-order valence-electron chi connectivity index (χ3n) is 1.37. The average molecular weight is 175 g/mol. The SMILES string of the molecule is CC(C)=C=NC(C)(C)CC(C)[O-].[Li+]. The minimum Gasteiger partial charge on any atom is -0.852 e. The summed E-state index contributed by atoms with van der Waals surface area (Å²) in [6, 6.07) is 0. The molecule has 70 valence electrons. The summed E-state index contributed by atoms with van der Waals surface area (Å²) < 4.78 is 0. The van der Waals surface area contributed by atoms with Crippen molar-refractivity contribution < 1.29 is 24.0 Å². The molecule has 0 bridgehead atoms. The Morgan fingerprint density at radius 1 is 1.46 bits per heavy atom. The van der Waals surface area contributed by atoms with Crippen molar-refractivity contribution in [3.63, 3.8) is 0 Å². The van der Waals surface area contributed by atoms with Gasteiger partial charge in [0.15, 0.2) is 0 Å². The van der Waals surface area contributed by atoms with Crippen molar-refractivity contribution in [1.82, 2.24) is 0 Å². The van der Waals surface area contributed by atoms with Crippen LogP contribution in [0.3, 0.4) is 0 Å². The van der Waals surface area contributed by atoms with Crippen LogP contribution in [0.1, 0.15) is 41.0 Å². The van der Waals surface area contributed by atoms with Crippen molar-refractivity contribution in [3.05, 3.63) is 5.57 Å². The third kappa shape index (κ3) is 9.92. The molecule has 0 aromatic heterocycles. The van der Waals surface area contributed by atoms with Crippen LogP contribution >= 0.6 is 0 Å². The molecule has 0 amide bonds. The molecule has 0 heterocycles. The predicted octanol–water partition coefficient (Wildman–Crippen LogP) is -1.46. The third-order valence-corrected chi connectivity index (χ3v) is 1.37. The van der Waals surface area contributed by atoms with E-state index in [0.29, 0.717) is 6.42 Å². The maximum atomic E-state index is 10.9. The average Bonchev–Trinajstić information content (AvgIpc) is 1.81. The number of aliphatic imine (C=N–C) groups is 1. The molecular weight excluding hydrogens is 157 g/mol. The van der Waals surface area contributed by atoms with Crippen LogP contribution in [0.5, 0.6) is 0 Å². The number of hydrogen-bond donors (Lipinski definition) is 0. The quantitative estimate of drug-likeness (QED) is 0.381. The van der Waals surface area contributed by atoms with E-state index in [0.717, 1.165) is 5.57 Å². The topological polar surface area (TPSA) is 35.4 Å². The standard InChI is InChI=1S/C10H18NO.Li/c1-8(2)7-11-10(4,5)6-9(3)12;/h9H,6H2,1-5H3;/q-1;+1. The Hall–Kier alpha value is 0.00740. The number of nitrogens with zero attached hydrogens (tertiary/aromatic N) is 1. The molecule has 0 aromatic carbocycles. The molecule has 0 radical (unpaired) electrons. The summed E-state index contributed by atoms with van der Waals surface area (Å²) in [5.74, 6) is 2.89. The summed E-state index contributed by atoms with van der Waals surface area (Å²) in [5.41, 5.74) is 0.778. The molecular formula is C10H18LiNO. The molecule has 0 N–H and O–H groups in total. The molecule has 0 saturated carbocycles. The monoisotopic (exact) mass is 175 g/mol. The van der Waals surface area contributed by atoms with Gasteiger partial charge in [-0.05, 0) is 45.6 Å². The van der Waals surface area contributed by atoms with E-state index >= 15 is 0 Å². The Balaban J connectivity index is 0. The van der Waals surface area contributed by atoms with Crippen molar-refractivity contribution in [1.29, 1.82) is 0 Å². The summed E-state index contributed by atoms with van der Waals surface area (Å²) in [6.07, 6.45) is 0.00973. The summed E-state index contributed by atoms with van der Waals surface area (Å²) in [7, 11) is 0. The van der Waals surface area contributed by atoms with Crippen LogP contribution in [0.2, 0.25) is 0 Å². The van der Waals surface area contributed by atoms with Crippen LogP contribution < -0.4 is 24.0 Å². The van der Waals surface area contributed by atoms with Crippen molar-refractivity contribution in [2.45, 2.75) is 52.7 Å². The number of rotatable bonds is 3. The summed E-state index contributed by atoms with van der Waals surface area (Å²) >= 11 is 0. The molecule has 0 aliphatic heterocycles. The van der Waals surface area contributed by atoms with Crippen molar-refractivity contribution in [3.8, 4) is 0 Å². The molecule has 0 fully saturated rings. The second-order valence-electron chi connectivity index (χ2n) is 4.05. The van der Waals surface area contributed by atoms with Crippen LogP contribution in [-0.2, 0) is 0 Å². The van der Waals surface area contributed by atoms with E-state index in [1.807, 2.05) is 27.7 Å². The fourth-order valence-corrected chi connectivity index (χ4v) is 1.01. The normalized spacial score (nSPS) is 12.5. The van der Waals surface area contributed by atoms with E-state index in [9.17, 15) is 5.11 Å². The Bertz CT molecular complexity index is 199. The summed E-state index contributed by atoms with van der Waals surface area (Å²) in [6.45, 7) is 9.47. The van der Waals surface area contributed by atoms with E-state index in [1.54, 1.807) is 6.92 Å². The first-order valence-corrected chi connectivity index (χ1v) is 4.27. The van der Waals surface area contributed by atoms with Gasteiger partial charge in [0.2, 0.25) is 0 Å². The van der Waals surface area contributed by atoms with E-state index in [2.05, 4.69) is 10.9 Å². The fraction of sp³-hybridized carbons (Fsp3) is 0.800. The van der Waals surface area contributed by atoms with Gasteiger partial charge in [-0.3, -0.25) is 0 Å². The van der Waals surface area contributed by atoms with Gasteiger partial charge < -0.3 is 5.11 Å². The van der Waals surface area contributed by atoms with Gasteiger partial charge in [-0.15, -0.1) is 6.10 Å². The minimum absolute atomic E-state index is 0. The van der Waals surface area contributed by atoms with Gasteiger partial charge in [-0.2, -0.15) is 0 Å². The van der Waals surface area contributed by atoms with Gasteiger partial charge >= 0.3 is 18.9 Å². The van der Waals surface area contributed by atoms with Gasteiger partial charge in [-0.25, -0.2) is 4.99 Å². The first kappa shape index (κ1) is 15.5. The van der Waals surface area contributed by atoms with Crippen LogP contribution in [0.15, 0.2) is 10.6 Å². The molecule has 0 saturated heterocycles. The first-order chi connectivity index (χ1) is 5.33. The Morgan fingerprint density at radius 3 is 2.23 bits per heavy atom. The van der Waals surface area contributed by atoms with Crippen LogP contribution in [0.25, 0.3) is 0 Å². The molecule has 0 aliphatic rings. The van der Waals surface area contributed by atoms with Gasteiger partial charge in [0, 0.05) is 0 Å². The van der Waals surface area contributed by atoms with Crippen LogP contribution in [-0.4, -0.2) is 17.5 Å². The summed E-state index contributed by atoms with van der Waals surface area (Å²) in [4.78, 5) is 4.21. The molecule has 0 spiro atoms. The molecule has 13 heavy (non-hydrogen) atoms. The maximum absolute atomic E-state index is 10.9. The number of hydrogen-bond acceptors (Lipinski definition) is 2. The summed E-state index contributed by atoms with van der Waals surface area (Å²) in [5, 5.41) is 10.9. The molecule has 0 rings (SSSR count). The predicted molar refractivity (Wildman–Crippen MR) is 50.5 cm³/mol. The number of allylic oxidation sites excluding steroid dienone is 1. The van der Waals surface area contributed by atoms with Crippen molar-refractivity contribution in [2.75, 3.05) is 0 Å². The Labute approximate surface area is 93.3 Å². The minimum atomic E-state index is -0.553. The van der Waals surface area contributed by atoms with E-state index in [1.165, 1.54) is 0 Å². The zero-order valence-electron chi connectivity index (χ0n) is 9.64. The molecule has 1 atom stereocenters. The van der Waals surface area contributed by atoms with Gasteiger partial charge in [0.25, 0.3) is 0 Å². The van der Waals surface area contributed by atoms with Gasteiger partial charge in [-0.1, -0.05) is 6.92 Å². The van der Waals surface area contributed by atoms with E-state index in [-0.39, 0.29) is 24.4 Å². The van der Waals surface area contributed by atoms with E-state index in [4.69, 9.17) is 0 Å². The molecule has 0 aliphatic carbocycles. The maximum Gasteiger partial charge on any atom is 1.00 e. The second-order valence-corrected chi connectivity index (χ2v) is 4.05. The van der Waals surface area contributed by atoms with Crippen LogP contribution in [0, 0.1) is 0 Å².